The van der Waals surface area contributed by atoms with Crippen LogP contribution in [0.25, 0.3) is 0 Å². The highest BCUT2D eigenvalue weighted by atomic mass is 15.3. The molecule has 0 spiro atoms. The van der Waals surface area contributed by atoms with Crippen LogP contribution in [0.3, 0.4) is 0 Å². The normalized spacial score (nSPS) is 11.5. The van der Waals surface area contributed by atoms with Crippen molar-refractivity contribution in [3.05, 3.63) is 12.2 Å². The molecular formula is C8H15N3. The molecule has 3 nitrogen and oxygen atoms in total. The first-order valence-corrected chi connectivity index (χ1v) is 4.02. The van der Waals surface area contributed by atoms with Gasteiger partial charge < -0.3 is 0 Å². The summed E-state index contributed by atoms with van der Waals surface area (Å²) < 4.78 is 1.96. The molecule has 0 N–H and O–H groups in total. The average Bonchev–Trinajstić information content (AvgIpc) is 2.32. The molecule has 0 radical (unpaired) electrons. The van der Waals surface area contributed by atoms with E-state index in [4.69, 9.17) is 0 Å². The van der Waals surface area contributed by atoms with Crippen molar-refractivity contribution in [2.24, 2.45) is 0 Å². The molecule has 3 heteroatoms. The zero-order valence-corrected chi connectivity index (χ0v) is 7.57. The van der Waals surface area contributed by atoms with E-state index < -0.39 is 0 Å². The summed E-state index contributed by atoms with van der Waals surface area (Å²) in [6.45, 7) is 8.48. The minimum atomic E-state index is 0.412. The van der Waals surface area contributed by atoms with Crippen LogP contribution >= 0.6 is 0 Å². The predicted molar refractivity (Wildman–Crippen MR) is 44.5 cm³/mol. The van der Waals surface area contributed by atoms with E-state index in [2.05, 4.69) is 37.8 Å². The highest BCUT2D eigenvalue weighted by molar-refractivity contribution is 4.92. The fourth-order valence-corrected chi connectivity index (χ4v) is 1.07. The third kappa shape index (κ3) is 1.59. The largest absolute Gasteiger partial charge is 0.247 e. The molecule has 0 saturated carbocycles. The molecule has 0 amide bonds. The van der Waals surface area contributed by atoms with Gasteiger partial charge in [-0.05, 0) is 13.8 Å². The Morgan fingerprint density at radius 2 is 1.91 bits per heavy atom. The van der Waals surface area contributed by atoms with Crippen molar-refractivity contribution in [2.45, 2.75) is 39.7 Å². The van der Waals surface area contributed by atoms with Crippen LogP contribution in [-0.2, 0) is 0 Å². The molecule has 0 unspecified atom stereocenters. The standard InChI is InChI=1S/C8H15N3/c1-6(2)8-9-5-10-11(8)7(3)4/h5-7H,1-4H3. The lowest BCUT2D eigenvalue weighted by Gasteiger charge is -2.10. The van der Waals surface area contributed by atoms with E-state index in [9.17, 15) is 0 Å². The van der Waals surface area contributed by atoms with Crippen LogP contribution in [0.4, 0.5) is 0 Å². The molecule has 0 aromatic carbocycles. The van der Waals surface area contributed by atoms with Crippen LogP contribution in [0.5, 0.6) is 0 Å². The molecule has 0 saturated heterocycles. The summed E-state index contributed by atoms with van der Waals surface area (Å²) in [4.78, 5) is 4.19. The molecule has 0 aliphatic carbocycles. The van der Waals surface area contributed by atoms with E-state index >= 15 is 0 Å². The maximum Gasteiger partial charge on any atom is 0.138 e. The Balaban J connectivity index is 2.96. The molecular weight excluding hydrogens is 138 g/mol. The van der Waals surface area contributed by atoms with Gasteiger partial charge in [0, 0.05) is 12.0 Å². The van der Waals surface area contributed by atoms with Crippen molar-refractivity contribution in [1.82, 2.24) is 14.8 Å². The molecule has 0 aliphatic rings. The lowest BCUT2D eigenvalue weighted by Crippen LogP contribution is -2.09. The van der Waals surface area contributed by atoms with Crippen LogP contribution in [-0.4, -0.2) is 14.8 Å². The van der Waals surface area contributed by atoms with Gasteiger partial charge in [-0.1, -0.05) is 13.8 Å². The van der Waals surface area contributed by atoms with Crippen molar-refractivity contribution < 1.29 is 0 Å². The molecule has 1 aromatic rings. The van der Waals surface area contributed by atoms with Crippen LogP contribution in [0, 0.1) is 0 Å². The van der Waals surface area contributed by atoms with Gasteiger partial charge in [0.25, 0.3) is 0 Å². The fourth-order valence-electron chi connectivity index (χ4n) is 1.07. The summed E-state index contributed by atoms with van der Waals surface area (Å²) in [5.41, 5.74) is 0. The first kappa shape index (κ1) is 8.24. The first-order valence-electron chi connectivity index (χ1n) is 4.02. The zero-order chi connectivity index (χ0) is 8.43. The molecule has 0 atom stereocenters. The Labute approximate surface area is 67.4 Å². The summed E-state index contributed by atoms with van der Waals surface area (Å²) in [7, 11) is 0. The van der Waals surface area contributed by atoms with Gasteiger partial charge >= 0.3 is 0 Å². The highest BCUT2D eigenvalue weighted by Crippen LogP contribution is 2.13. The highest BCUT2D eigenvalue weighted by Gasteiger charge is 2.09. The molecule has 11 heavy (non-hydrogen) atoms. The van der Waals surface area contributed by atoms with Crippen molar-refractivity contribution in [2.75, 3.05) is 0 Å². The van der Waals surface area contributed by atoms with E-state index in [0.29, 0.717) is 12.0 Å². The van der Waals surface area contributed by atoms with Gasteiger partial charge in [-0.25, -0.2) is 9.67 Å². The van der Waals surface area contributed by atoms with E-state index in [1.807, 2.05) is 4.68 Å². The molecule has 1 rings (SSSR count). The molecule has 1 aromatic heterocycles. The Morgan fingerprint density at radius 1 is 1.27 bits per heavy atom. The smallest absolute Gasteiger partial charge is 0.138 e. The van der Waals surface area contributed by atoms with E-state index in [0.717, 1.165) is 5.82 Å². The third-order valence-electron chi connectivity index (χ3n) is 1.61. The zero-order valence-electron chi connectivity index (χ0n) is 7.57. The number of aromatic nitrogens is 3. The SMILES string of the molecule is CC(C)c1ncnn1C(C)C. The average molecular weight is 153 g/mol. The summed E-state index contributed by atoms with van der Waals surface area (Å²) >= 11 is 0. The van der Waals surface area contributed by atoms with Gasteiger partial charge in [-0.3, -0.25) is 0 Å². The van der Waals surface area contributed by atoms with Crippen molar-refractivity contribution in [3.8, 4) is 0 Å². The number of rotatable bonds is 2. The minimum Gasteiger partial charge on any atom is -0.247 e. The lowest BCUT2D eigenvalue weighted by atomic mass is 10.2. The Morgan fingerprint density at radius 3 is 2.27 bits per heavy atom. The summed E-state index contributed by atoms with van der Waals surface area (Å²) in [5, 5.41) is 4.14. The second-order valence-corrected chi connectivity index (χ2v) is 3.31. The molecule has 0 fully saturated rings. The second kappa shape index (κ2) is 3.03. The van der Waals surface area contributed by atoms with Gasteiger partial charge in [0.15, 0.2) is 0 Å². The number of hydrogen-bond donors (Lipinski definition) is 0. The van der Waals surface area contributed by atoms with Gasteiger partial charge in [0.05, 0.1) is 0 Å². The monoisotopic (exact) mass is 153 g/mol. The van der Waals surface area contributed by atoms with E-state index in [1.54, 1.807) is 6.33 Å². The number of hydrogen-bond acceptors (Lipinski definition) is 2. The second-order valence-electron chi connectivity index (χ2n) is 3.31. The maximum absolute atomic E-state index is 4.19. The van der Waals surface area contributed by atoms with Crippen LogP contribution in [0.2, 0.25) is 0 Å². The van der Waals surface area contributed by atoms with Crippen LogP contribution in [0.15, 0.2) is 6.33 Å². The quantitative estimate of drug-likeness (QED) is 0.650. The Kier molecular flexibility index (Phi) is 2.27. The van der Waals surface area contributed by atoms with Crippen LogP contribution < -0.4 is 0 Å². The van der Waals surface area contributed by atoms with Crippen molar-refractivity contribution in [3.63, 3.8) is 0 Å². The summed E-state index contributed by atoms with van der Waals surface area (Å²) in [6.07, 6.45) is 1.62. The number of nitrogens with zero attached hydrogens (tertiary/aromatic N) is 3. The lowest BCUT2D eigenvalue weighted by molar-refractivity contribution is 0.492. The van der Waals surface area contributed by atoms with Gasteiger partial charge in [-0.15, -0.1) is 0 Å². The molecule has 62 valence electrons. The van der Waals surface area contributed by atoms with Gasteiger partial charge in [-0.2, -0.15) is 5.10 Å². The van der Waals surface area contributed by atoms with Gasteiger partial charge in [0.2, 0.25) is 0 Å². The summed E-state index contributed by atoms with van der Waals surface area (Å²) in [5.74, 6) is 1.53. The van der Waals surface area contributed by atoms with Crippen LogP contribution in [0.1, 0.15) is 45.5 Å². The maximum atomic E-state index is 4.19. The third-order valence-corrected chi connectivity index (χ3v) is 1.61. The van der Waals surface area contributed by atoms with Gasteiger partial charge in [0.1, 0.15) is 12.2 Å². The summed E-state index contributed by atoms with van der Waals surface area (Å²) in [6, 6.07) is 0.412. The predicted octanol–water partition coefficient (Wildman–Crippen LogP) is 1.98. The Bertz CT molecular complexity index is 202. The topological polar surface area (TPSA) is 30.7 Å². The minimum absolute atomic E-state index is 0.412. The van der Waals surface area contributed by atoms with Crippen molar-refractivity contribution >= 4 is 0 Å². The molecule has 0 aliphatic heterocycles. The van der Waals surface area contributed by atoms with E-state index in [1.165, 1.54) is 0 Å². The van der Waals surface area contributed by atoms with Crippen molar-refractivity contribution in [1.29, 1.82) is 0 Å². The fraction of sp³-hybridized carbons (Fsp3) is 0.750. The molecule has 1 heterocycles. The Hall–Kier alpha value is -0.860. The van der Waals surface area contributed by atoms with E-state index in [-0.39, 0.29) is 0 Å². The molecule has 0 bridgehead atoms. The first-order chi connectivity index (χ1) is 5.13.